The fourth-order valence-corrected chi connectivity index (χ4v) is 1.76. The van der Waals surface area contributed by atoms with Crippen LogP contribution in [0.2, 0.25) is 0 Å². The summed E-state index contributed by atoms with van der Waals surface area (Å²) < 4.78 is 36.6. The number of nitrogens with one attached hydrogen (secondary N) is 1. The first-order valence-electron chi connectivity index (χ1n) is 6.38. The van der Waals surface area contributed by atoms with Gasteiger partial charge in [0.25, 0.3) is 0 Å². The van der Waals surface area contributed by atoms with Gasteiger partial charge in [-0.25, -0.2) is 4.79 Å². The molecule has 21 heavy (non-hydrogen) atoms. The Morgan fingerprint density at radius 1 is 1.19 bits per heavy atom. The van der Waals surface area contributed by atoms with E-state index < -0.39 is 30.5 Å². The second-order valence-corrected chi connectivity index (χ2v) is 4.62. The van der Waals surface area contributed by atoms with Gasteiger partial charge in [-0.2, -0.15) is 13.2 Å². The lowest BCUT2D eigenvalue weighted by Crippen LogP contribution is -2.44. The Morgan fingerprint density at radius 2 is 1.71 bits per heavy atom. The molecule has 0 aliphatic rings. The van der Waals surface area contributed by atoms with Gasteiger partial charge in [0.15, 0.2) is 0 Å². The van der Waals surface area contributed by atoms with E-state index in [0.717, 1.165) is 12.0 Å². The molecule has 0 aliphatic carbocycles. The molecule has 1 amide bonds. The van der Waals surface area contributed by atoms with Crippen molar-refractivity contribution < 1.29 is 27.9 Å². The smallest absolute Gasteiger partial charge is 0.391 e. The molecular formula is C14H16F3NO3. The molecular weight excluding hydrogens is 287 g/mol. The first-order chi connectivity index (χ1) is 9.71. The monoisotopic (exact) mass is 303 g/mol. The SMILES string of the molecule is CCc1ccc(CC(=O)NC(CC(F)(F)F)C(=O)O)cc1. The van der Waals surface area contributed by atoms with Crippen molar-refractivity contribution in [1.82, 2.24) is 5.32 Å². The number of aryl methyl sites for hydroxylation is 1. The van der Waals surface area contributed by atoms with Crippen LogP contribution in [0.3, 0.4) is 0 Å². The molecule has 0 radical (unpaired) electrons. The normalized spacial score (nSPS) is 12.8. The van der Waals surface area contributed by atoms with Gasteiger partial charge in [0.1, 0.15) is 6.04 Å². The van der Waals surface area contributed by atoms with E-state index in [1.807, 2.05) is 24.4 Å². The number of hydrogen-bond acceptors (Lipinski definition) is 2. The van der Waals surface area contributed by atoms with Crippen molar-refractivity contribution in [1.29, 1.82) is 0 Å². The van der Waals surface area contributed by atoms with Crippen LogP contribution < -0.4 is 5.32 Å². The second kappa shape index (κ2) is 7.10. The third kappa shape index (κ3) is 6.29. The minimum absolute atomic E-state index is 0.161. The quantitative estimate of drug-likeness (QED) is 0.847. The third-order valence-electron chi connectivity index (χ3n) is 2.86. The Balaban J connectivity index is 2.63. The van der Waals surface area contributed by atoms with Crippen molar-refractivity contribution in [2.45, 2.75) is 38.4 Å². The summed E-state index contributed by atoms with van der Waals surface area (Å²) in [4.78, 5) is 22.4. The van der Waals surface area contributed by atoms with Gasteiger partial charge in [-0.3, -0.25) is 4.79 Å². The van der Waals surface area contributed by atoms with Gasteiger partial charge in [0.2, 0.25) is 5.91 Å². The van der Waals surface area contributed by atoms with Crippen LogP contribution in [-0.2, 0) is 22.4 Å². The number of carboxylic acids is 1. The van der Waals surface area contributed by atoms with Gasteiger partial charge in [-0.15, -0.1) is 0 Å². The highest BCUT2D eigenvalue weighted by Crippen LogP contribution is 2.21. The number of carbonyl (C=O) groups is 2. The summed E-state index contributed by atoms with van der Waals surface area (Å²) in [7, 11) is 0. The van der Waals surface area contributed by atoms with E-state index >= 15 is 0 Å². The third-order valence-corrected chi connectivity index (χ3v) is 2.86. The van der Waals surface area contributed by atoms with Gasteiger partial charge in [0.05, 0.1) is 12.8 Å². The standard InChI is InChI=1S/C14H16F3NO3/c1-2-9-3-5-10(6-4-9)7-12(19)18-11(13(20)21)8-14(15,16)17/h3-6,11H,2,7-8H2,1H3,(H,18,19)(H,20,21). The highest BCUT2D eigenvalue weighted by molar-refractivity contribution is 5.84. The average Bonchev–Trinajstić information content (AvgIpc) is 2.37. The van der Waals surface area contributed by atoms with Crippen LogP contribution in [0, 0.1) is 0 Å². The lowest BCUT2D eigenvalue weighted by atomic mass is 10.1. The molecule has 1 atom stereocenters. The van der Waals surface area contributed by atoms with Crippen LogP contribution in [-0.4, -0.2) is 29.2 Å². The van der Waals surface area contributed by atoms with E-state index in [9.17, 15) is 22.8 Å². The number of amides is 1. The molecule has 1 rings (SSSR count). The Bertz CT molecular complexity index is 497. The van der Waals surface area contributed by atoms with Crippen LogP contribution in [0.5, 0.6) is 0 Å². The molecule has 0 spiro atoms. The largest absolute Gasteiger partial charge is 0.480 e. The number of aliphatic carboxylic acids is 1. The number of halogens is 3. The molecule has 0 heterocycles. The molecule has 0 aromatic heterocycles. The van der Waals surface area contributed by atoms with Crippen molar-refractivity contribution in [3.8, 4) is 0 Å². The van der Waals surface area contributed by atoms with Crippen LogP contribution in [0.25, 0.3) is 0 Å². The highest BCUT2D eigenvalue weighted by Gasteiger charge is 2.36. The summed E-state index contributed by atoms with van der Waals surface area (Å²) in [5, 5.41) is 10.6. The van der Waals surface area contributed by atoms with E-state index in [1.165, 1.54) is 0 Å². The van der Waals surface area contributed by atoms with Crippen molar-refractivity contribution in [3.63, 3.8) is 0 Å². The van der Waals surface area contributed by atoms with Crippen LogP contribution >= 0.6 is 0 Å². The summed E-state index contributed by atoms with van der Waals surface area (Å²) in [5.74, 6) is -2.46. The summed E-state index contributed by atoms with van der Waals surface area (Å²) in [6, 6.07) is 5.04. The van der Waals surface area contributed by atoms with Crippen molar-refractivity contribution in [2.75, 3.05) is 0 Å². The maximum Gasteiger partial charge on any atom is 0.391 e. The first-order valence-corrected chi connectivity index (χ1v) is 6.38. The average molecular weight is 303 g/mol. The Labute approximate surface area is 120 Å². The van der Waals surface area contributed by atoms with Gasteiger partial charge < -0.3 is 10.4 Å². The molecule has 0 saturated carbocycles. The van der Waals surface area contributed by atoms with Crippen molar-refractivity contribution in [2.24, 2.45) is 0 Å². The molecule has 1 aromatic carbocycles. The number of rotatable bonds is 6. The predicted octanol–water partition coefficient (Wildman–Crippen LogP) is 2.31. The first kappa shape index (κ1) is 17.0. The predicted molar refractivity (Wildman–Crippen MR) is 69.8 cm³/mol. The fraction of sp³-hybridized carbons (Fsp3) is 0.429. The number of carboxylic acid groups (broad SMARTS) is 1. The fourth-order valence-electron chi connectivity index (χ4n) is 1.76. The summed E-state index contributed by atoms with van der Waals surface area (Å²) in [5.41, 5.74) is 1.68. The minimum Gasteiger partial charge on any atom is -0.480 e. The van der Waals surface area contributed by atoms with Crippen LogP contribution in [0.4, 0.5) is 13.2 Å². The van der Waals surface area contributed by atoms with Gasteiger partial charge >= 0.3 is 12.1 Å². The zero-order valence-electron chi connectivity index (χ0n) is 11.4. The number of benzene rings is 1. The minimum atomic E-state index is -4.65. The Hall–Kier alpha value is -2.05. The number of carbonyl (C=O) groups excluding carboxylic acids is 1. The molecule has 1 unspecified atom stereocenters. The molecule has 2 N–H and O–H groups in total. The zero-order chi connectivity index (χ0) is 16.0. The molecule has 0 aliphatic heterocycles. The molecule has 7 heteroatoms. The van der Waals surface area contributed by atoms with Gasteiger partial charge in [-0.05, 0) is 17.5 Å². The Kier molecular flexibility index (Phi) is 5.75. The van der Waals surface area contributed by atoms with E-state index in [0.29, 0.717) is 5.56 Å². The Morgan fingerprint density at radius 3 is 2.14 bits per heavy atom. The molecule has 4 nitrogen and oxygen atoms in total. The summed E-state index contributed by atoms with van der Waals surface area (Å²) >= 11 is 0. The molecule has 0 bridgehead atoms. The number of hydrogen-bond donors (Lipinski definition) is 2. The van der Waals surface area contributed by atoms with E-state index in [4.69, 9.17) is 5.11 Å². The maximum atomic E-state index is 12.2. The topological polar surface area (TPSA) is 66.4 Å². The molecule has 116 valence electrons. The van der Waals surface area contributed by atoms with Crippen LogP contribution in [0.1, 0.15) is 24.5 Å². The second-order valence-electron chi connectivity index (χ2n) is 4.62. The molecule has 0 fully saturated rings. The summed E-state index contributed by atoms with van der Waals surface area (Å²) in [6.07, 6.45) is -5.58. The van der Waals surface area contributed by atoms with Gasteiger partial charge in [-0.1, -0.05) is 31.2 Å². The maximum absolute atomic E-state index is 12.2. The van der Waals surface area contributed by atoms with E-state index in [1.54, 1.807) is 12.1 Å². The van der Waals surface area contributed by atoms with Gasteiger partial charge in [0, 0.05) is 0 Å². The van der Waals surface area contributed by atoms with E-state index in [-0.39, 0.29) is 6.42 Å². The van der Waals surface area contributed by atoms with E-state index in [2.05, 4.69) is 0 Å². The lowest BCUT2D eigenvalue weighted by Gasteiger charge is -2.16. The molecule has 1 aromatic rings. The van der Waals surface area contributed by atoms with Crippen LogP contribution in [0.15, 0.2) is 24.3 Å². The van der Waals surface area contributed by atoms with Crippen molar-refractivity contribution >= 4 is 11.9 Å². The highest BCUT2D eigenvalue weighted by atomic mass is 19.4. The molecule has 0 saturated heterocycles. The van der Waals surface area contributed by atoms with Crippen molar-refractivity contribution in [3.05, 3.63) is 35.4 Å². The number of alkyl halides is 3. The lowest BCUT2D eigenvalue weighted by molar-refractivity contribution is -0.159. The zero-order valence-corrected chi connectivity index (χ0v) is 11.4. The summed E-state index contributed by atoms with van der Waals surface area (Å²) in [6.45, 7) is 1.97.